The van der Waals surface area contributed by atoms with E-state index >= 15 is 0 Å². The maximum atomic E-state index is 5.82. The predicted molar refractivity (Wildman–Crippen MR) is 85.1 cm³/mol. The molecule has 1 heterocycles. The highest BCUT2D eigenvalue weighted by atomic mass is 79.9. The Bertz CT molecular complexity index is 414. The van der Waals surface area contributed by atoms with Gasteiger partial charge in [0.1, 0.15) is 0 Å². The van der Waals surface area contributed by atoms with Crippen LogP contribution in [0.4, 0.5) is 5.69 Å². The summed E-state index contributed by atoms with van der Waals surface area (Å²) < 4.78 is 0.998. The summed E-state index contributed by atoms with van der Waals surface area (Å²) in [5, 5.41) is 0. The Labute approximate surface area is 124 Å². The van der Waals surface area contributed by atoms with Crippen molar-refractivity contribution in [1.82, 2.24) is 9.80 Å². The zero-order chi connectivity index (χ0) is 13.8. The topological polar surface area (TPSA) is 32.5 Å². The molecule has 0 aromatic heterocycles. The van der Waals surface area contributed by atoms with Crippen LogP contribution in [0.3, 0.4) is 0 Å². The summed E-state index contributed by atoms with van der Waals surface area (Å²) in [6, 6.07) is 6.22. The van der Waals surface area contributed by atoms with Crippen molar-refractivity contribution in [2.75, 3.05) is 39.5 Å². The van der Waals surface area contributed by atoms with E-state index < -0.39 is 0 Å². The number of likely N-dealkylation sites (tertiary alicyclic amines) is 1. The number of piperidine rings is 1. The van der Waals surface area contributed by atoms with Crippen molar-refractivity contribution >= 4 is 21.6 Å². The van der Waals surface area contributed by atoms with Crippen molar-refractivity contribution in [1.29, 1.82) is 0 Å². The van der Waals surface area contributed by atoms with Crippen LogP contribution in [0, 0.1) is 5.92 Å². The van der Waals surface area contributed by atoms with Crippen LogP contribution in [0.25, 0.3) is 0 Å². The van der Waals surface area contributed by atoms with Gasteiger partial charge in [-0.05, 0) is 79.6 Å². The fourth-order valence-corrected chi connectivity index (χ4v) is 3.16. The zero-order valence-corrected chi connectivity index (χ0v) is 13.5. The predicted octanol–water partition coefficient (Wildman–Crippen LogP) is 2.80. The molecule has 0 unspecified atom stereocenters. The first kappa shape index (κ1) is 14.8. The van der Waals surface area contributed by atoms with Crippen molar-refractivity contribution in [3.8, 4) is 0 Å². The molecule has 2 N–H and O–H groups in total. The molecule has 0 radical (unpaired) electrons. The smallest absolute Gasteiger partial charge is 0.0458 e. The number of nitrogens with two attached hydrogens (primary N) is 1. The van der Waals surface area contributed by atoms with Gasteiger partial charge in [0.05, 0.1) is 0 Å². The lowest BCUT2D eigenvalue weighted by atomic mass is 9.96. The van der Waals surface area contributed by atoms with Crippen molar-refractivity contribution in [3.63, 3.8) is 0 Å². The molecular formula is C15H24BrN3. The van der Waals surface area contributed by atoms with Crippen LogP contribution in [0.2, 0.25) is 0 Å². The van der Waals surface area contributed by atoms with Gasteiger partial charge in [0.25, 0.3) is 0 Å². The summed E-state index contributed by atoms with van der Waals surface area (Å²) in [5.74, 6) is 0.846. The van der Waals surface area contributed by atoms with Crippen LogP contribution in [-0.4, -0.2) is 43.5 Å². The Kier molecular flexibility index (Phi) is 5.25. The molecule has 0 bridgehead atoms. The van der Waals surface area contributed by atoms with E-state index in [9.17, 15) is 0 Å². The Balaban J connectivity index is 1.83. The van der Waals surface area contributed by atoms with Gasteiger partial charge in [0, 0.05) is 23.2 Å². The van der Waals surface area contributed by atoms with Crippen LogP contribution >= 0.6 is 15.9 Å². The third-order valence-electron chi connectivity index (χ3n) is 3.93. The first-order chi connectivity index (χ1) is 9.04. The Hall–Kier alpha value is -0.580. The van der Waals surface area contributed by atoms with E-state index in [2.05, 4.69) is 52.0 Å². The average Bonchev–Trinajstić information content (AvgIpc) is 2.37. The van der Waals surface area contributed by atoms with E-state index in [1.54, 1.807) is 0 Å². The number of rotatable bonds is 4. The molecule has 19 heavy (non-hydrogen) atoms. The second-order valence-corrected chi connectivity index (χ2v) is 6.65. The number of halogens is 1. The quantitative estimate of drug-likeness (QED) is 0.864. The van der Waals surface area contributed by atoms with Crippen molar-refractivity contribution < 1.29 is 0 Å². The van der Waals surface area contributed by atoms with Gasteiger partial charge in [-0.25, -0.2) is 0 Å². The maximum Gasteiger partial charge on any atom is 0.0458 e. The van der Waals surface area contributed by atoms with E-state index in [1.165, 1.54) is 38.0 Å². The van der Waals surface area contributed by atoms with Crippen molar-refractivity contribution in [3.05, 3.63) is 28.2 Å². The van der Waals surface area contributed by atoms with Gasteiger partial charge in [0.15, 0.2) is 0 Å². The Morgan fingerprint density at radius 3 is 2.68 bits per heavy atom. The standard InChI is InChI=1S/C15H24BrN3/c1-18-7-5-12(6-8-18)10-19(2)11-13-3-4-15(17)14(16)9-13/h3-4,9,12H,5-8,10-11,17H2,1-2H3. The molecule has 0 atom stereocenters. The highest BCUT2D eigenvalue weighted by Crippen LogP contribution is 2.22. The third kappa shape index (κ3) is 4.48. The third-order valence-corrected chi connectivity index (χ3v) is 4.61. The van der Waals surface area contributed by atoms with Crippen LogP contribution in [0.1, 0.15) is 18.4 Å². The molecule has 1 aromatic rings. The van der Waals surface area contributed by atoms with Gasteiger partial charge < -0.3 is 15.5 Å². The summed E-state index contributed by atoms with van der Waals surface area (Å²) in [4.78, 5) is 4.85. The van der Waals surface area contributed by atoms with Crippen LogP contribution in [-0.2, 0) is 6.54 Å². The maximum absolute atomic E-state index is 5.82. The monoisotopic (exact) mass is 325 g/mol. The second-order valence-electron chi connectivity index (χ2n) is 5.80. The molecule has 106 valence electrons. The SMILES string of the molecule is CN1CCC(CN(C)Cc2ccc(N)c(Br)c2)CC1. The fourth-order valence-electron chi connectivity index (χ4n) is 2.73. The van der Waals surface area contributed by atoms with Crippen molar-refractivity contribution in [2.45, 2.75) is 19.4 Å². The molecule has 1 saturated heterocycles. The van der Waals surface area contributed by atoms with E-state index in [-0.39, 0.29) is 0 Å². The molecule has 1 fully saturated rings. The van der Waals surface area contributed by atoms with E-state index in [4.69, 9.17) is 5.73 Å². The number of anilines is 1. The summed E-state index contributed by atoms with van der Waals surface area (Å²) >= 11 is 3.49. The average molecular weight is 326 g/mol. The summed E-state index contributed by atoms with van der Waals surface area (Å²) in [6.45, 7) is 4.67. The lowest BCUT2D eigenvalue weighted by molar-refractivity contribution is 0.173. The zero-order valence-electron chi connectivity index (χ0n) is 11.9. The molecule has 1 aliphatic rings. The Morgan fingerprint density at radius 2 is 2.05 bits per heavy atom. The van der Waals surface area contributed by atoms with Gasteiger partial charge in [-0.1, -0.05) is 6.07 Å². The number of nitrogen functional groups attached to an aromatic ring is 1. The van der Waals surface area contributed by atoms with Crippen molar-refractivity contribution in [2.24, 2.45) is 5.92 Å². The van der Waals surface area contributed by atoms with Gasteiger partial charge in [-0.3, -0.25) is 0 Å². The van der Waals surface area contributed by atoms with E-state index in [0.717, 1.165) is 22.6 Å². The highest BCUT2D eigenvalue weighted by molar-refractivity contribution is 9.10. The molecule has 0 aliphatic carbocycles. The highest BCUT2D eigenvalue weighted by Gasteiger charge is 2.18. The number of benzene rings is 1. The molecule has 1 aliphatic heterocycles. The molecule has 4 heteroatoms. The molecule has 0 spiro atoms. The summed E-state index contributed by atoms with van der Waals surface area (Å²) in [5.41, 5.74) is 7.94. The van der Waals surface area contributed by atoms with Gasteiger partial charge in [0.2, 0.25) is 0 Å². The number of hydrogen-bond donors (Lipinski definition) is 1. The first-order valence-corrected chi connectivity index (χ1v) is 7.75. The lowest BCUT2D eigenvalue weighted by Gasteiger charge is -2.31. The minimum Gasteiger partial charge on any atom is -0.398 e. The molecule has 0 saturated carbocycles. The normalized spacial score (nSPS) is 18.1. The van der Waals surface area contributed by atoms with Gasteiger partial charge in [-0.15, -0.1) is 0 Å². The molecule has 3 nitrogen and oxygen atoms in total. The fraction of sp³-hybridized carbons (Fsp3) is 0.600. The summed E-state index contributed by atoms with van der Waals surface area (Å²) in [6.07, 6.45) is 2.65. The van der Waals surface area contributed by atoms with Gasteiger partial charge in [-0.2, -0.15) is 0 Å². The van der Waals surface area contributed by atoms with E-state index in [1.807, 2.05) is 6.07 Å². The minimum atomic E-state index is 0.807. The van der Waals surface area contributed by atoms with Gasteiger partial charge >= 0.3 is 0 Å². The summed E-state index contributed by atoms with van der Waals surface area (Å²) in [7, 11) is 4.43. The molecule has 2 rings (SSSR count). The molecule has 0 amide bonds. The second kappa shape index (κ2) is 6.73. The Morgan fingerprint density at radius 1 is 1.37 bits per heavy atom. The molecular weight excluding hydrogens is 302 g/mol. The lowest BCUT2D eigenvalue weighted by Crippen LogP contribution is -2.35. The molecule has 1 aromatic carbocycles. The number of nitrogens with zero attached hydrogens (tertiary/aromatic N) is 2. The first-order valence-electron chi connectivity index (χ1n) is 6.95. The van der Waals surface area contributed by atoms with Crippen LogP contribution in [0.5, 0.6) is 0 Å². The minimum absolute atomic E-state index is 0.807. The number of hydrogen-bond acceptors (Lipinski definition) is 3. The largest absolute Gasteiger partial charge is 0.398 e. The van der Waals surface area contributed by atoms with Crippen LogP contribution in [0.15, 0.2) is 22.7 Å². The van der Waals surface area contributed by atoms with E-state index in [0.29, 0.717) is 0 Å². The van der Waals surface area contributed by atoms with Crippen LogP contribution < -0.4 is 5.73 Å².